The number of aryl methyl sites for hydroxylation is 1. The first-order valence-electron chi connectivity index (χ1n) is 13.9. The topological polar surface area (TPSA) is 25.2 Å². The highest BCUT2D eigenvalue weighted by Gasteiger charge is 2.14. The minimum atomic E-state index is 1.02. The van der Waals surface area contributed by atoms with Crippen molar-refractivity contribution in [2.75, 3.05) is 0 Å². The molecule has 2 heteroatoms. The Kier molecular flexibility index (Phi) is 5.31. The second kappa shape index (κ2) is 9.29. The molecule has 0 amide bonds. The molecule has 40 heavy (non-hydrogen) atoms. The van der Waals surface area contributed by atoms with Crippen LogP contribution in [0, 0.1) is 0 Å². The summed E-state index contributed by atoms with van der Waals surface area (Å²) in [6.45, 7) is 0. The third-order valence-corrected chi connectivity index (χ3v) is 8.16. The van der Waals surface area contributed by atoms with E-state index in [1.165, 1.54) is 60.5 Å². The lowest BCUT2D eigenvalue weighted by Crippen LogP contribution is -1.95. The van der Waals surface area contributed by atoms with E-state index in [4.69, 9.17) is 9.98 Å². The average molecular weight is 511 g/mol. The number of benzene rings is 6. The van der Waals surface area contributed by atoms with Crippen LogP contribution in [0.25, 0.3) is 66.0 Å². The van der Waals surface area contributed by atoms with E-state index >= 15 is 0 Å². The summed E-state index contributed by atoms with van der Waals surface area (Å²) in [4.78, 5) is 9.83. The molecule has 7 aromatic rings. The molecule has 0 spiro atoms. The number of fused-ring (bicyclic) bond motifs is 5. The molecule has 0 saturated heterocycles. The molecule has 0 N–H and O–H groups in total. The maximum Gasteiger partial charge on any atom is 0.0794 e. The number of pyridine rings is 1. The number of para-hydroxylation sites is 2. The Labute approximate surface area is 233 Å². The molecule has 8 rings (SSSR count). The van der Waals surface area contributed by atoms with Gasteiger partial charge in [0.2, 0.25) is 0 Å². The molecular weight excluding hydrogens is 484 g/mol. The Balaban J connectivity index is 1.21. The minimum absolute atomic E-state index is 1.02. The fourth-order valence-corrected chi connectivity index (χ4v) is 6.16. The van der Waals surface area contributed by atoms with Crippen molar-refractivity contribution >= 4 is 44.5 Å². The average Bonchev–Trinajstić information content (AvgIpc) is 3.03. The fraction of sp³-hybridized carbons (Fsp3) is 0.0526. The predicted octanol–water partition coefficient (Wildman–Crippen LogP) is 10.2. The highest BCUT2D eigenvalue weighted by molar-refractivity contribution is 6.16. The molecule has 2 heterocycles. The van der Waals surface area contributed by atoms with Crippen LogP contribution in [0.2, 0.25) is 0 Å². The van der Waals surface area contributed by atoms with Gasteiger partial charge in [-0.3, -0.25) is 4.99 Å². The molecule has 6 aromatic carbocycles. The van der Waals surface area contributed by atoms with Crippen LogP contribution in [-0.4, -0.2) is 11.2 Å². The Morgan fingerprint density at radius 3 is 2.02 bits per heavy atom. The van der Waals surface area contributed by atoms with Crippen LogP contribution in [-0.2, 0) is 6.42 Å². The van der Waals surface area contributed by atoms with Crippen molar-refractivity contribution in [3.05, 3.63) is 133 Å². The SMILES string of the molecule is C1=Nc2c(cccc2-c2ccc(-c3ccc(-c4c5ccccc5nc5c4ccc4ccccc45)cc3)cc2)CC1. The van der Waals surface area contributed by atoms with Gasteiger partial charge in [0.25, 0.3) is 0 Å². The monoisotopic (exact) mass is 510 g/mol. The highest BCUT2D eigenvalue weighted by atomic mass is 14.7. The number of aliphatic imine (C=N–C) groups is 1. The first-order chi connectivity index (χ1) is 19.8. The van der Waals surface area contributed by atoms with E-state index < -0.39 is 0 Å². The molecule has 188 valence electrons. The molecule has 0 fully saturated rings. The van der Waals surface area contributed by atoms with Crippen molar-refractivity contribution in [1.82, 2.24) is 4.98 Å². The Bertz CT molecular complexity index is 2080. The lowest BCUT2D eigenvalue weighted by Gasteiger charge is -2.15. The van der Waals surface area contributed by atoms with Gasteiger partial charge in [-0.25, -0.2) is 4.98 Å². The highest BCUT2D eigenvalue weighted by Crippen LogP contribution is 2.39. The first-order valence-corrected chi connectivity index (χ1v) is 13.9. The molecule has 0 unspecified atom stereocenters. The van der Waals surface area contributed by atoms with Gasteiger partial charge in [-0.2, -0.15) is 0 Å². The van der Waals surface area contributed by atoms with Crippen LogP contribution in [0.1, 0.15) is 12.0 Å². The van der Waals surface area contributed by atoms with Gasteiger partial charge in [0.05, 0.1) is 16.7 Å². The van der Waals surface area contributed by atoms with Crippen molar-refractivity contribution in [2.45, 2.75) is 12.8 Å². The smallest absolute Gasteiger partial charge is 0.0794 e. The van der Waals surface area contributed by atoms with Crippen LogP contribution >= 0.6 is 0 Å². The number of hydrogen-bond donors (Lipinski definition) is 0. The van der Waals surface area contributed by atoms with Gasteiger partial charge in [-0.05, 0) is 52.1 Å². The molecule has 1 aliphatic heterocycles. The molecule has 2 nitrogen and oxygen atoms in total. The summed E-state index contributed by atoms with van der Waals surface area (Å²) >= 11 is 0. The summed E-state index contributed by atoms with van der Waals surface area (Å²) in [5, 5.41) is 4.76. The van der Waals surface area contributed by atoms with Crippen molar-refractivity contribution in [2.24, 2.45) is 4.99 Å². The van der Waals surface area contributed by atoms with Crippen LogP contribution < -0.4 is 0 Å². The third kappa shape index (κ3) is 3.72. The summed E-state index contributed by atoms with van der Waals surface area (Å²) in [6.07, 6.45) is 4.13. The zero-order valence-electron chi connectivity index (χ0n) is 22.0. The van der Waals surface area contributed by atoms with E-state index in [9.17, 15) is 0 Å². The summed E-state index contributed by atoms with van der Waals surface area (Å²) in [6, 6.07) is 45.8. The number of nitrogens with zero attached hydrogens (tertiary/aromatic N) is 2. The van der Waals surface area contributed by atoms with Crippen LogP contribution in [0.5, 0.6) is 0 Å². The molecule has 0 radical (unpaired) electrons. The maximum atomic E-state index is 5.11. The van der Waals surface area contributed by atoms with E-state index in [-0.39, 0.29) is 0 Å². The van der Waals surface area contributed by atoms with Crippen LogP contribution in [0.3, 0.4) is 0 Å². The van der Waals surface area contributed by atoms with E-state index in [0.29, 0.717) is 0 Å². The van der Waals surface area contributed by atoms with Gasteiger partial charge in [-0.1, -0.05) is 121 Å². The van der Waals surface area contributed by atoms with Gasteiger partial charge < -0.3 is 0 Å². The Hall–Kier alpha value is -5.08. The molecule has 0 bridgehead atoms. The Morgan fingerprint density at radius 2 is 1.20 bits per heavy atom. The molecule has 0 aliphatic carbocycles. The third-order valence-electron chi connectivity index (χ3n) is 8.16. The predicted molar refractivity (Wildman–Crippen MR) is 170 cm³/mol. The van der Waals surface area contributed by atoms with E-state index in [0.717, 1.165) is 29.6 Å². The number of aromatic nitrogens is 1. The normalized spacial score (nSPS) is 12.7. The summed E-state index contributed by atoms with van der Waals surface area (Å²) in [7, 11) is 0. The second-order valence-electron chi connectivity index (χ2n) is 10.5. The summed E-state index contributed by atoms with van der Waals surface area (Å²) in [5.74, 6) is 0. The molecular formula is C38H26N2. The quantitative estimate of drug-likeness (QED) is 0.171. The fourth-order valence-electron chi connectivity index (χ4n) is 6.16. The lowest BCUT2D eigenvalue weighted by molar-refractivity contribution is 1.03. The van der Waals surface area contributed by atoms with Crippen LogP contribution in [0.15, 0.2) is 132 Å². The molecule has 1 aromatic heterocycles. The van der Waals surface area contributed by atoms with Crippen molar-refractivity contribution < 1.29 is 0 Å². The van der Waals surface area contributed by atoms with Crippen molar-refractivity contribution in [3.8, 4) is 33.4 Å². The molecule has 0 atom stereocenters. The molecule has 1 aliphatic rings. The van der Waals surface area contributed by atoms with Crippen molar-refractivity contribution in [3.63, 3.8) is 0 Å². The minimum Gasteiger partial charge on any atom is -0.260 e. The Morgan fingerprint density at radius 1 is 0.500 bits per heavy atom. The van der Waals surface area contributed by atoms with E-state index in [1.807, 2.05) is 6.21 Å². The summed E-state index contributed by atoms with van der Waals surface area (Å²) in [5.41, 5.74) is 11.8. The van der Waals surface area contributed by atoms with Gasteiger partial charge in [0.15, 0.2) is 0 Å². The van der Waals surface area contributed by atoms with Gasteiger partial charge in [0, 0.05) is 33.5 Å². The first kappa shape index (κ1) is 22.9. The number of rotatable bonds is 3. The standard InChI is InChI=1S/C38H26N2/c1-2-10-32-27(7-1)22-23-34-36(33-11-3-4-13-35(33)40-38(32)34)29-20-16-26(17-21-29)25-14-18-28(19-15-25)31-12-5-8-30-9-6-24-39-37(30)31/h1-5,7-8,10-24H,6,9H2. The zero-order chi connectivity index (χ0) is 26.5. The van der Waals surface area contributed by atoms with E-state index in [2.05, 4.69) is 127 Å². The summed E-state index contributed by atoms with van der Waals surface area (Å²) < 4.78 is 0. The zero-order valence-corrected chi connectivity index (χ0v) is 22.0. The largest absolute Gasteiger partial charge is 0.260 e. The van der Waals surface area contributed by atoms with Crippen molar-refractivity contribution in [1.29, 1.82) is 0 Å². The number of hydrogen-bond acceptors (Lipinski definition) is 2. The second-order valence-corrected chi connectivity index (χ2v) is 10.5. The lowest BCUT2D eigenvalue weighted by atomic mass is 9.92. The van der Waals surface area contributed by atoms with Gasteiger partial charge in [0.1, 0.15) is 0 Å². The van der Waals surface area contributed by atoms with Gasteiger partial charge in [-0.15, -0.1) is 0 Å². The van der Waals surface area contributed by atoms with E-state index in [1.54, 1.807) is 0 Å². The molecule has 0 saturated carbocycles. The maximum absolute atomic E-state index is 5.11. The van der Waals surface area contributed by atoms with Crippen LogP contribution in [0.4, 0.5) is 5.69 Å². The van der Waals surface area contributed by atoms with Gasteiger partial charge >= 0.3 is 0 Å².